The molecule has 306 valence electrons. The summed E-state index contributed by atoms with van der Waals surface area (Å²) in [5, 5.41) is 8.38. The van der Waals surface area contributed by atoms with Gasteiger partial charge in [0.05, 0.1) is 27.4 Å². The van der Waals surface area contributed by atoms with Crippen molar-refractivity contribution < 1.29 is 43.0 Å². The van der Waals surface area contributed by atoms with Crippen molar-refractivity contribution in [1.29, 1.82) is 0 Å². The lowest BCUT2D eigenvalue weighted by atomic mass is 9.88. The second-order valence-corrected chi connectivity index (χ2v) is 14.6. The van der Waals surface area contributed by atoms with Gasteiger partial charge in [0, 0.05) is 43.9 Å². The number of nitrogens with one attached hydrogen (secondary N) is 3. The van der Waals surface area contributed by atoms with Crippen molar-refractivity contribution in [3.05, 3.63) is 88.4 Å². The number of methoxy groups -OCH3 is 3. The Balaban J connectivity index is 1.76. The van der Waals surface area contributed by atoms with Crippen LogP contribution in [0.15, 0.2) is 66.7 Å². The van der Waals surface area contributed by atoms with E-state index in [1.807, 2.05) is 30.3 Å². The van der Waals surface area contributed by atoms with Crippen LogP contribution >= 0.6 is 11.6 Å². The predicted molar refractivity (Wildman–Crippen MR) is 214 cm³/mol. The maximum Gasteiger partial charge on any atom is 0.245 e. The van der Waals surface area contributed by atoms with Crippen LogP contribution in [0.2, 0.25) is 5.02 Å². The number of carbonyl (C=O) groups excluding carboxylic acids is 6. The zero-order valence-electron chi connectivity index (χ0n) is 33.6. The third-order valence-corrected chi connectivity index (χ3v) is 10.6. The van der Waals surface area contributed by atoms with Gasteiger partial charge in [-0.05, 0) is 68.5 Å². The molecule has 0 saturated carbocycles. The average molecular weight is 806 g/mol. The Morgan fingerprint density at radius 1 is 0.614 bits per heavy atom. The molecule has 1 aliphatic heterocycles. The fourth-order valence-corrected chi connectivity index (χ4v) is 6.97. The van der Waals surface area contributed by atoms with Crippen molar-refractivity contribution in [2.75, 3.05) is 35.4 Å². The minimum Gasteiger partial charge on any atom is -0.497 e. The summed E-state index contributed by atoms with van der Waals surface area (Å²) in [6.45, 7) is 4.44. The van der Waals surface area contributed by atoms with Crippen LogP contribution in [0.3, 0.4) is 0 Å². The maximum atomic E-state index is 14.5. The summed E-state index contributed by atoms with van der Waals surface area (Å²) in [5.41, 5.74) is 1.95. The monoisotopic (exact) mass is 805 g/mol. The number of hydrogen-bond donors (Lipinski definition) is 3. The van der Waals surface area contributed by atoms with Crippen molar-refractivity contribution in [1.82, 2.24) is 25.8 Å². The van der Waals surface area contributed by atoms with Crippen LogP contribution in [0.4, 0.5) is 0 Å². The van der Waals surface area contributed by atoms with E-state index in [0.717, 1.165) is 5.56 Å². The number of likely N-dealkylation sites (N-methyl/N-ethyl adjacent to an activating group) is 2. The Bertz CT molecular complexity index is 1930. The van der Waals surface area contributed by atoms with Gasteiger partial charge in [-0.15, -0.1) is 0 Å². The average Bonchev–Trinajstić information content (AvgIpc) is 3.20. The van der Waals surface area contributed by atoms with Crippen LogP contribution in [0, 0.1) is 5.92 Å². The van der Waals surface area contributed by atoms with Crippen molar-refractivity contribution >= 4 is 46.9 Å². The SMILES string of the molecule is COc1ccc(C[C@H]2C(=O)N[C@@H](C)C(=O)N(C)[C@@H](Cc3ccccc3)C(=O)C[C@@H](Cc3cc(OC)c(OC)cc3Cl)C(=O)N[C@H](C)C(=O)N[C@@H](C)C(=O)N2C)cc1. The zero-order chi connectivity index (χ0) is 42.0. The Hall–Kier alpha value is -5.63. The Morgan fingerprint density at radius 3 is 1.70 bits per heavy atom. The van der Waals surface area contributed by atoms with E-state index >= 15 is 0 Å². The number of benzene rings is 3. The summed E-state index contributed by atoms with van der Waals surface area (Å²) in [5.74, 6) is -3.21. The topological polar surface area (TPSA) is 173 Å². The van der Waals surface area contributed by atoms with Crippen molar-refractivity contribution in [3.63, 3.8) is 0 Å². The van der Waals surface area contributed by atoms with Crippen molar-refractivity contribution in [2.24, 2.45) is 5.92 Å². The Morgan fingerprint density at radius 2 is 1.12 bits per heavy atom. The van der Waals surface area contributed by atoms with Gasteiger partial charge in [-0.1, -0.05) is 54.1 Å². The molecular formula is C42H52ClN5O9. The fraction of sp³-hybridized carbons (Fsp3) is 0.429. The number of ketones is 1. The van der Waals surface area contributed by atoms with Gasteiger partial charge < -0.3 is 40.0 Å². The molecule has 0 aliphatic carbocycles. The number of amides is 5. The van der Waals surface area contributed by atoms with E-state index in [1.54, 1.807) is 36.4 Å². The summed E-state index contributed by atoms with van der Waals surface area (Å²) in [6, 6.07) is 13.7. The molecule has 6 atom stereocenters. The van der Waals surface area contributed by atoms with Crippen LogP contribution in [0.1, 0.15) is 43.9 Å². The number of nitrogens with zero attached hydrogens (tertiary/aromatic N) is 2. The molecule has 3 aromatic rings. The van der Waals surface area contributed by atoms with E-state index in [4.69, 9.17) is 25.8 Å². The van der Waals surface area contributed by atoms with Gasteiger partial charge in [0.15, 0.2) is 17.3 Å². The number of hydrogen-bond acceptors (Lipinski definition) is 9. The molecule has 0 unspecified atom stereocenters. The lowest BCUT2D eigenvalue weighted by molar-refractivity contribution is -0.144. The lowest BCUT2D eigenvalue weighted by Gasteiger charge is -2.33. The molecule has 14 nitrogen and oxygen atoms in total. The standard InChI is InChI=1S/C42H52ClN5O9/c1-24-38(50)45-25(2)42(54)48(5)34(19-28-14-16-31(55-6)17-15-28)40(52)46-26(3)41(53)47(4)33(18-27-12-10-9-11-13-27)35(49)21-30(39(51)44-24)20-29-22-36(56-7)37(57-8)23-32(29)43/h9-17,22-26,30,33-34H,18-21H2,1-8H3,(H,44,51)(H,45,50)(H,46,52)/t24-,25+,26+,30-,33+,34+/m1/s1. The van der Waals surface area contributed by atoms with E-state index in [1.165, 1.54) is 66.0 Å². The fourth-order valence-electron chi connectivity index (χ4n) is 6.74. The highest BCUT2D eigenvalue weighted by Crippen LogP contribution is 2.35. The highest BCUT2D eigenvalue weighted by Gasteiger charge is 2.37. The summed E-state index contributed by atoms with van der Waals surface area (Å²) in [6.07, 6.45) is -0.197. The van der Waals surface area contributed by atoms with Crippen LogP contribution in [-0.4, -0.2) is 111 Å². The van der Waals surface area contributed by atoms with Crippen molar-refractivity contribution in [3.8, 4) is 17.2 Å². The van der Waals surface area contributed by atoms with E-state index < -0.39 is 71.4 Å². The highest BCUT2D eigenvalue weighted by atomic mass is 35.5. The van der Waals surface area contributed by atoms with E-state index in [9.17, 15) is 28.8 Å². The predicted octanol–water partition coefficient (Wildman–Crippen LogP) is 3.15. The number of Topliss-reactive ketones (excluding diaryl/α,β-unsaturated/α-hetero) is 1. The third-order valence-electron chi connectivity index (χ3n) is 10.2. The first-order chi connectivity index (χ1) is 27.1. The molecule has 0 radical (unpaired) electrons. The van der Waals surface area contributed by atoms with Gasteiger partial charge in [0.2, 0.25) is 29.5 Å². The molecule has 57 heavy (non-hydrogen) atoms. The Kier molecular flexibility index (Phi) is 15.5. The molecule has 4 rings (SSSR count). The smallest absolute Gasteiger partial charge is 0.245 e. The summed E-state index contributed by atoms with van der Waals surface area (Å²) < 4.78 is 16.1. The molecule has 5 amide bonds. The molecule has 0 spiro atoms. The maximum absolute atomic E-state index is 14.5. The molecule has 3 aromatic carbocycles. The lowest BCUT2D eigenvalue weighted by Crippen LogP contribution is -2.59. The first kappa shape index (κ1) is 44.1. The van der Waals surface area contributed by atoms with Crippen molar-refractivity contribution in [2.45, 2.75) is 76.7 Å². The van der Waals surface area contributed by atoms with Gasteiger partial charge in [-0.3, -0.25) is 28.8 Å². The molecule has 1 aliphatic rings. The van der Waals surface area contributed by atoms with Gasteiger partial charge in [0.25, 0.3) is 0 Å². The number of ether oxygens (including phenoxy) is 3. The van der Waals surface area contributed by atoms with E-state index in [0.29, 0.717) is 28.4 Å². The van der Waals surface area contributed by atoms with Gasteiger partial charge >= 0.3 is 0 Å². The van der Waals surface area contributed by atoms with E-state index in [-0.39, 0.29) is 30.7 Å². The quantitative estimate of drug-likeness (QED) is 0.294. The summed E-state index contributed by atoms with van der Waals surface area (Å²) in [4.78, 5) is 86.6. The molecule has 0 bridgehead atoms. The summed E-state index contributed by atoms with van der Waals surface area (Å²) >= 11 is 6.64. The zero-order valence-corrected chi connectivity index (χ0v) is 34.3. The number of carbonyl (C=O) groups is 6. The molecule has 1 heterocycles. The van der Waals surface area contributed by atoms with Crippen LogP contribution in [0.5, 0.6) is 17.2 Å². The molecule has 1 saturated heterocycles. The van der Waals surface area contributed by atoms with E-state index in [2.05, 4.69) is 16.0 Å². The normalized spacial score (nSPS) is 23.2. The van der Waals surface area contributed by atoms with Crippen LogP contribution in [-0.2, 0) is 48.0 Å². The minimum absolute atomic E-state index is 0.0391. The minimum atomic E-state index is -1.14. The highest BCUT2D eigenvalue weighted by molar-refractivity contribution is 6.31. The van der Waals surface area contributed by atoms with Crippen LogP contribution < -0.4 is 30.2 Å². The van der Waals surface area contributed by atoms with Gasteiger partial charge in [-0.25, -0.2) is 0 Å². The number of rotatable bonds is 9. The summed E-state index contributed by atoms with van der Waals surface area (Å²) in [7, 11) is 7.37. The molecule has 3 N–H and O–H groups in total. The third kappa shape index (κ3) is 11.2. The molecule has 1 fully saturated rings. The Labute approximate surface area is 338 Å². The van der Waals surface area contributed by atoms with Crippen LogP contribution in [0.25, 0.3) is 0 Å². The molecular weight excluding hydrogens is 754 g/mol. The first-order valence-corrected chi connectivity index (χ1v) is 19.0. The second kappa shape index (κ2) is 20.0. The molecule has 0 aromatic heterocycles. The van der Waals surface area contributed by atoms with Gasteiger partial charge in [0.1, 0.15) is 29.9 Å². The number of halogens is 1. The largest absolute Gasteiger partial charge is 0.497 e. The second-order valence-electron chi connectivity index (χ2n) is 14.2. The molecule has 15 heteroatoms. The van der Waals surface area contributed by atoms with Gasteiger partial charge in [-0.2, -0.15) is 0 Å². The first-order valence-electron chi connectivity index (χ1n) is 18.6.